The van der Waals surface area contributed by atoms with Gasteiger partial charge in [0.2, 0.25) is 11.7 Å². The Hall–Kier alpha value is -2.48. The van der Waals surface area contributed by atoms with E-state index in [0.717, 1.165) is 38.0 Å². The molecule has 5 rings (SSSR count). The Labute approximate surface area is 143 Å². The minimum Gasteiger partial charge on any atom is -0.339 e. The summed E-state index contributed by atoms with van der Waals surface area (Å²) in [6.45, 7) is 4.09. The molecular formula is C17H20N6O2. The molecule has 1 aliphatic carbocycles. The number of nitrogens with one attached hydrogen (secondary N) is 2. The molecule has 0 radical (unpaired) electrons. The molecule has 8 nitrogen and oxygen atoms in total. The van der Waals surface area contributed by atoms with Gasteiger partial charge in [0.1, 0.15) is 5.65 Å². The molecule has 3 aromatic heterocycles. The van der Waals surface area contributed by atoms with Crippen LogP contribution >= 0.6 is 0 Å². The highest BCUT2D eigenvalue weighted by Gasteiger charge is 2.39. The van der Waals surface area contributed by atoms with Gasteiger partial charge in [-0.2, -0.15) is 10.1 Å². The van der Waals surface area contributed by atoms with Crippen LogP contribution in [0.2, 0.25) is 0 Å². The van der Waals surface area contributed by atoms with E-state index in [-0.39, 0.29) is 5.56 Å². The van der Waals surface area contributed by atoms with Crippen molar-refractivity contribution in [3.63, 3.8) is 0 Å². The van der Waals surface area contributed by atoms with E-state index < -0.39 is 0 Å². The van der Waals surface area contributed by atoms with Gasteiger partial charge in [-0.25, -0.2) is 4.52 Å². The van der Waals surface area contributed by atoms with Gasteiger partial charge in [-0.3, -0.25) is 4.79 Å². The average Bonchev–Trinajstić information content (AvgIpc) is 3.01. The highest BCUT2D eigenvalue weighted by atomic mass is 16.5. The van der Waals surface area contributed by atoms with E-state index in [2.05, 4.69) is 32.5 Å². The number of aromatic amines is 1. The number of H-pyrrole nitrogens is 1. The summed E-state index contributed by atoms with van der Waals surface area (Å²) in [6.07, 6.45) is 4.80. The van der Waals surface area contributed by atoms with Gasteiger partial charge < -0.3 is 14.8 Å². The number of hydrogen-bond acceptors (Lipinski definition) is 6. The molecule has 0 spiro atoms. The second-order valence-corrected chi connectivity index (χ2v) is 7.18. The number of hydrogen-bond donors (Lipinski definition) is 2. The van der Waals surface area contributed by atoms with Gasteiger partial charge >= 0.3 is 0 Å². The summed E-state index contributed by atoms with van der Waals surface area (Å²) in [5.74, 6) is 2.46. The zero-order chi connectivity index (χ0) is 17.0. The highest BCUT2D eigenvalue weighted by molar-refractivity contribution is 5.71. The first-order chi connectivity index (χ1) is 12.2. The summed E-state index contributed by atoms with van der Waals surface area (Å²) < 4.78 is 7.23. The molecule has 2 atom stereocenters. The van der Waals surface area contributed by atoms with Gasteiger partial charge in [-0.1, -0.05) is 12.1 Å². The first-order valence-electron chi connectivity index (χ1n) is 8.86. The highest BCUT2D eigenvalue weighted by Crippen LogP contribution is 2.46. The van der Waals surface area contributed by atoms with E-state index in [1.807, 2.05) is 4.52 Å². The molecule has 0 aromatic carbocycles. The van der Waals surface area contributed by atoms with Gasteiger partial charge in [-0.15, -0.1) is 0 Å². The number of rotatable bonds is 3. The maximum atomic E-state index is 12.2. The third-order valence-electron chi connectivity index (χ3n) is 5.40. The fourth-order valence-electron chi connectivity index (χ4n) is 3.75. The summed E-state index contributed by atoms with van der Waals surface area (Å²) in [4.78, 5) is 19.6. The van der Waals surface area contributed by atoms with Crippen molar-refractivity contribution in [3.8, 4) is 11.4 Å². The van der Waals surface area contributed by atoms with Crippen molar-refractivity contribution in [2.45, 2.75) is 38.0 Å². The molecule has 1 saturated carbocycles. The molecule has 0 amide bonds. The normalized spacial score (nSPS) is 24.0. The minimum atomic E-state index is -0.123. The molecule has 1 saturated heterocycles. The fourth-order valence-corrected chi connectivity index (χ4v) is 3.75. The number of aromatic nitrogens is 5. The monoisotopic (exact) mass is 340 g/mol. The maximum Gasteiger partial charge on any atom is 0.251 e. The Morgan fingerprint density at radius 2 is 2.12 bits per heavy atom. The zero-order valence-corrected chi connectivity index (χ0v) is 14.0. The number of nitrogens with zero attached hydrogens (tertiary/aromatic N) is 4. The van der Waals surface area contributed by atoms with Crippen LogP contribution in [0.15, 0.2) is 21.6 Å². The third kappa shape index (κ3) is 2.48. The quantitative estimate of drug-likeness (QED) is 0.752. The Kier molecular flexibility index (Phi) is 3.27. The lowest BCUT2D eigenvalue weighted by atomic mass is 9.94. The second-order valence-electron chi connectivity index (χ2n) is 7.18. The van der Waals surface area contributed by atoms with Crippen LogP contribution in [-0.4, -0.2) is 37.8 Å². The van der Waals surface area contributed by atoms with E-state index in [4.69, 9.17) is 4.52 Å². The largest absolute Gasteiger partial charge is 0.339 e. The molecule has 2 N–H and O–H groups in total. The van der Waals surface area contributed by atoms with Crippen molar-refractivity contribution < 1.29 is 4.52 Å². The van der Waals surface area contributed by atoms with Crippen molar-refractivity contribution in [3.05, 3.63) is 34.2 Å². The summed E-state index contributed by atoms with van der Waals surface area (Å²) >= 11 is 0. The van der Waals surface area contributed by atoms with Crippen LogP contribution in [0.4, 0.5) is 0 Å². The molecule has 2 fully saturated rings. The lowest BCUT2D eigenvalue weighted by Crippen LogP contribution is -2.28. The van der Waals surface area contributed by atoms with Crippen molar-refractivity contribution in [2.75, 3.05) is 13.1 Å². The third-order valence-corrected chi connectivity index (χ3v) is 5.40. The standard InChI is InChI=1S/C17H20N6O2/c1-9-6-11(9)17-21-15(22-25-17)12-8-19-23-13(7-14(24)20-16(12)23)10-2-4-18-5-3-10/h7-11,18H,2-6H2,1H3,(H,20,24)/t9-,11+/m0/s1. The Morgan fingerprint density at radius 3 is 2.88 bits per heavy atom. The molecule has 130 valence electrons. The predicted octanol–water partition coefficient (Wildman–Crippen LogP) is 1.66. The van der Waals surface area contributed by atoms with E-state index in [9.17, 15) is 4.79 Å². The van der Waals surface area contributed by atoms with Gasteiger partial charge in [-0.05, 0) is 38.3 Å². The number of piperidine rings is 1. The molecule has 25 heavy (non-hydrogen) atoms. The fraction of sp³-hybridized carbons (Fsp3) is 0.529. The van der Waals surface area contributed by atoms with Crippen LogP contribution in [0.5, 0.6) is 0 Å². The van der Waals surface area contributed by atoms with Crippen molar-refractivity contribution in [2.24, 2.45) is 5.92 Å². The van der Waals surface area contributed by atoms with Crippen LogP contribution in [0.3, 0.4) is 0 Å². The first kappa shape index (κ1) is 14.8. The molecule has 3 aromatic rings. The van der Waals surface area contributed by atoms with E-state index in [1.54, 1.807) is 12.3 Å². The summed E-state index contributed by atoms with van der Waals surface area (Å²) in [7, 11) is 0. The molecule has 4 heterocycles. The molecule has 0 bridgehead atoms. The van der Waals surface area contributed by atoms with Gasteiger partial charge in [0.25, 0.3) is 5.56 Å². The van der Waals surface area contributed by atoms with Gasteiger partial charge in [0.05, 0.1) is 17.5 Å². The van der Waals surface area contributed by atoms with Crippen LogP contribution in [-0.2, 0) is 0 Å². The van der Waals surface area contributed by atoms with Gasteiger partial charge in [0, 0.05) is 17.9 Å². The van der Waals surface area contributed by atoms with Crippen molar-refractivity contribution in [1.82, 2.24) is 30.1 Å². The Bertz CT molecular complexity index is 981. The summed E-state index contributed by atoms with van der Waals surface area (Å²) in [5.41, 5.74) is 2.17. The summed E-state index contributed by atoms with van der Waals surface area (Å²) in [6, 6.07) is 1.66. The van der Waals surface area contributed by atoms with E-state index in [1.165, 1.54) is 0 Å². The molecule has 1 aliphatic heterocycles. The number of fused-ring (bicyclic) bond motifs is 1. The van der Waals surface area contributed by atoms with Crippen LogP contribution in [0.1, 0.15) is 49.6 Å². The van der Waals surface area contributed by atoms with E-state index in [0.29, 0.717) is 40.7 Å². The lowest BCUT2D eigenvalue weighted by Gasteiger charge is -2.23. The van der Waals surface area contributed by atoms with Crippen LogP contribution in [0, 0.1) is 5.92 Å². The molecular weight excluding hydrogens is 320 g/mol. The minimum absolute atomic E-state index is 0.123. The van der Waals surface area contributed by atoms with E-state index >= 15 is 0 Å². The molecule has 8 heteroatoms. The summed E-state index contributed by atoms with van der Waals surface area (Å²) in [5, 5.41) is 12.0. The lowest BCUT2D eigenvalue weighted by molar-refractivity contribution is 0.377. The Balaban J connectivity index is 1.59. The van der Waals surface area contributed by atoms with Gasteiger partial charge in [0.15, 0.2) is 0 Å². The van der Waals surface area contributed by atoms with Crippen LogP contribution < -0.4 is 10.9 Å². The predicted molar refractivity (Wildman–Crippen MR) is 90.5 cm³/mol. The Morgan fingerprint density at radius 1 is 1.32 bits per heavy atom. The molecule has 0 unspecified atom stereocenters. The van der Waals surface area contributed by atoms with Crippen LogP contribution in [0.25, 0.3) is 17.0 Å². The van der Waals surface area contributed by atoms with Crippen molar-refractivity contribution in [1.29, 1.82) is 0 Å². The SMILES string of the molecule is C[C@H]1C[C@H]1c1nc(-c2cnn3c(C4CCNCC4)cc(=O)[nH]c23)no1. The van der Waals surface area contributed by atoms with Crippen molar-refractivity contribution >= 4 is 5.65 Å². The topological polar surface area (TPSA) is 101 Å². The second kappa shape index (κ2) is 5.52. The first-order valence-corrected chi connectivity index (χ1v) is 8.86. The smallest absolute Gasteiger partial charge is 0.251 e. The average molecular weight is 340 g/mol. The zero-order valence-electron chi connectivity index (χ0n) is 14.0. The molecule has 2 aliphatic rings. The maximum absolute atomic E-state index is 12.2.